The highest BCUT2D eigenvalue weighted by molar-refractivity contribution is 5.89. The summed E-state index contributed by atoms with van der Waals surface area (Å²) in [6, 6.07) is 25.3. The van der Waals surface area contributed by atoms with Gasteiger partial charge in [-0.3, -0.25) is 0 Å². The number of carbonyl (C=O) groups excluding carboxylic acids is 2. The topological polar surface area (TPSA) is 61.8 Å². The predicted molar refractivity (Wildman–Crippen MR) is 121 cm³/mol. The lowest BCUT2D eigenvalue weighted by Gasteiger charge is -2.36. The number of ether oxygens (including phenoxy) is 3. The van der Waals surface area contributed by atoms with Crippen LogP contribution in [0.2, 0.25) is 0 Å². The molecular weight excluding hydrogens is 404 g/mol. The number of esters is 2. The van der Waals surface area contributed by atoms with E-state index in [1.807, 2.05) is 30.3 Å². The summed E-state index contributed by atoms with van der Waals surface area (Å²) in [4.78, 5) is 23.6. The quantitative estimate of drug-likeness (QED) is 0.491. The standard InChI is InChI=1S/C27H26O5/c1-30-26(28)21-12-8-19(9-13-21)24-16-23(18-6-4-3-5-7-18)17-25(32-24)20-10-14-22(15-11-20)27(29)31-2/h3-15,23-25H,16-17H2,1-2H3/t23?,24-,25+. The van der Waals surface area contributed by atoms with Crippen molar-refractivity contribution in [2.24, 2.45) is 0 Å². The van der Waals surface area contributed by atoms with Crippen molar-refractivity contribution < 1.29 is 23.8 Å². The molecule has 5 nitrogen and oxygen atoms in total. The summed E-state index contributed by atoms with van der Waals surface area (Å²) in [7, 11) is 2.75. The smallest absolute Gasteiger partial charge is 0.337 e. The van der Waals surface area contributed by atoms with Crippen LogP contribution in [-0.2, 0) is 14.2 Å². The summed E-state index contributed by atoms with van der Waals surface area (Å²) in [6.07, 6.45) is 1.45. The summed E-state index contributed by atoms with van der Waals surface area (Å²) < 4.78 is 16.1. The van der Waals surface area contributed by atoms with Crippen molar-refractivity contribution in [1.29, 1.82) is 0 Å². The average molecular weight is 431 g/mol. The molecule has 1 saturated heterocycles. The van der Waals surface area contributed by atoms with E-state index in [1.54, 1.807) is 24.3 Å². The van der Waals surface area contributed by atoms with Gasteiger partial charge in [-0.15, -0.1) is 0 Å². The first kappa shape index (κ1) is 21.8. The molecule has 0 bridgehead atoms. The Morgan fingerprint density at radius 2 is 1.09 bits per heavy atom. The lowest BCUT2D eigenvalue weighted by molar-refractivity contribution is -0.0620. The molecule has 5 heteroatoms. The van der Waals surface area contributed by atoms with E-state index in [9.17, 15) is 9.59 Å². The molecule has 0 saturated carbocycles. The first-order valence-corrected chi connectivity index (χ1v) is 10.7. The van der Waals surface area contributed by atoms with E-state index in [0.717, 1.165) is 24.0 Å². The van der Waals surface area contributed by atoms with Crippen LogP contribution < -0.4 is 0 Å². The van der Waals surface area contributed by atoms with Crippen molar-refractivity contribution in [3.8, 4) is 0 Å². The van der Waals surface area contributed by atoms with Gasteiger partial charge in [0.2, 0.25) is 0 Å². The van der Waals surface area contributed by atoms with Gasteiger partial charge in [0.25, 0.3) is 0 Å². The van der Waals surface area contributed by atoms with E-state index in [2.05, 4.69) is 24.3 Å². The third-order valence-electron chi connectivity index (χ3n) is 6.00. The van der Waals surface area contributed by atoms with Gasteiger partial charge in [-0.1, -0.05) is 54.6 Å². The minimum absolute atomic E-state index is 0.120. The third kappa shape index (κ3) is 4.73. The van der Waals surface area contributed by atoms with E-state index < -0.39 is 0 Å². The molecule has 0 radical (unpaired) electrons. The summed E-state index contributed by atoms with van der Waals surface area (Å²) in [5.41, 5.74) is 4.36. The fourth-order valence-corrected chi connectivity index (χ4v) is 4.25. The summed E-state index contributed by atoms with van der Waals surface area (Å²) in [5, 5.41) is 0. The zero-order valence-electron chi connectivity index (χ0n) is 18.2. The Morgan fingerprint density at radius 1 is 0.656 bits per heavy atom. The number of rotatable bonds is 5. The Balaban J connectivity index is 1.62. The lowest BCUT2D eigenvalue weighted by atomic mass is 9.82. The molecule has 164 valence electrons. The van der Waals surface area contributed by atoms with Crippen molar-refractivity contribution in [3.05, 3.63) is 107 Å². The maximum absolute atomic E-state index is 11.8. The van der Waals surface area contributed by atoms with Crippen LogP contribution in [0.3, 0.4) is 0 Å². The van der Waals surface area contributed by atoms with E-state index in [-0.39, 0.29) is 24.1 Å². The van der Waals surface area contributed by atoms with Crippen molar-refractivity contribution in [3.63, 3.8) is 0 Å². The molecule has 0 N–H and O–H groups in total. The summed E-state index contributed by atoms with van der Waals surface area (Å²) in [6.45, 7) is 0. The monoisotopic (exact) mass is 430 g/mol. The van der Waals surface area contributed by atoms with Crippen LogP contribution >= 0.6 is 0 Å². The van der Waals surface area contributed by atoms with Crippen LogP contribution in [0.1, 0.15) is 68.4 Å². The zero-order chi connectivity index (χ0) is 22.5. The Morgan fingerprint density at radius 3 is 1.50 bits per heavy atom. The van der Waals surface area contributed by atoms with E-state index >= 15 is 0 Å². The highest BCUT2D eigenvalue weighted by Gasteiger charge is 2.32. The number of carbonyl (C=O) groups is 2. The van der Waals surface area contributed by atoms with Crippen LogP contribution in [0.25, 0.3) is 0 Å². The van der Waals surface area contributed by atoms with Crippen LogP contribution in [0.4, 0.5) is 0 Å². The van der Waals surface area contributed by atoms with Gasteiger partial charge in [0.05, 0.1) is 37.6 Å². The molecule has 3 atom stereocenters. The molecule has 1 fully saturated rings. The molecule has 1 aliphatic rings. The Kier molecular flexibility index (Phi) is 6.66. The molecule has 0 aromatic heterocycles. The highest BCUT2D eigenvalue weighted by Crippen LogP contribution is 2.45. The molecule has 1 aliphatic heterocycles. The molecule has 0 amide bonds. The van der Waals surface area contributed by atoms with Gasteiger partial charge < -0.3 is 14.2 Å². The third-order valence-corrected chi connectivity index (χ3v) is 6.00. The normalized spacial score (nSPS) is 20.4. The van der Waals surface area contributed by atoms with Crippen LogP contribution in [0.5, 0.6) is 0 Å². The fraction of sp³-hybridized carbons (Fsp3) is 0.259. The zero-order valence-corrected chi connectivity index (χ0v) is 18.2. The predicted octanol–water partition coefficient (Wildman–Crippen LogP) is 5.64. The lowest BCUT2D eigenvalue weighted by Crippen LogP contribution is -2.22. The van der Waals surface area contributed by atoms with Gasteiger partial charge >= 0.3 is 11.9 Å². The van der Waals surface area contributed by atoms with Crippen LogP contribution in [0, 0.1) is 0 Å². The summed E-state index contributed by atoms with van der Waals surface area (Å²) >= 11 is 0. The second kappa shape index (κ2) is 9.79. The van der Waals surface area contributed by atoms with Gasteiger partial charge in [-0.25, -0.2) is 9.59 Å². The van der Waals surface area contributed by atoms with E-state index in [0.29, 0.717) is 17.0 Å². The molecule has 0 spiro atoms. The van der Waals surface area contributed by atoms with Gasteiger partial charge in [-0.05, 0) is 59.7 Å². The van der Waals surface area contributed by atoms with Gasteiger partial charge in [0, 0.05) is 0 Å². The number of methoxy groups -OCH3 is 2. The first-order valence-electron chi connectivity index (χ1n) is 10.7. The Labute approximate surface area is 187 Å². The molecular formula is C27H26O5. The fourth-order valence-electron chi connectivity index (χ4n) is 4.25. The second-order valence-corrected chi connectivity index (χ2v) is 7.92. The molecule has 1 unspecified atom stereocenters. The average Bonchev–Trinajstić information content (AvgIpc) is 2.88. The van der Waals surface area contributed by atoms with Crippen molar-refractivity contribution in [2.45, 2.75) is 31.0 Å². The van der Waals surface area contributed by atoms with Crippen LogP contribution in [-0.4, -0.2) is 26.2 Å². The highest BCUT2D eigenvalue weighted by atomic mass is 16.5. The minimum atomic E-state index is -0.355. The van der Waals surface area contributed by atoms with E-state index in [4.69, 9.17) is 14.2 Å². The molecule has 3 aromatic carbocycles. The van der Waals surface area contributed by atoms with Crippen molar-refractivity contribution >= 4 is 11.9 Å². The number of hydrogen-bond acceptors (Lipinski definition) is 5. The molecule has 3 aromatic rings. The SMILES string of the molecule is COC(=O)c1ccc([C@@H]2CC(c3ccccc3)C[C@H](c3ccc(C(=O)OC)cc3)O2)cc1. The molecule has 32 heavy (non-hydrogen) atoms. The van der Waals surface area contributed by atoms with E-state index in [1.165, 1.54) is 19.8 Å². The maximum Gasteiger partial charge on any atom is 0.337 e. The molecule has 1 heterocycles. The first-order chi connectivity index (χ1) is 15.6. The van der Waals surface area contributed by atoms with Gasteiger partial charge in [-0.2, -0.15) is 0 Å². The summed E-state index contributed by atoms with van der Waals surface area (Å²) in [5.74, 6) is -0.390. The molecule has 0 aliphatic carbocycles. The largest absolute Gasteiger partial charge is 0.465 e. The Hall–Kier alpha value is -3.44. The number of hydrogen-bond donors (Lipinski definition) is 0. The second-order valence-electron chi connectivity index (χ2n) is 7.92. The van der Waals surface area contributed by atoms with Crippen molar-refractivity contribution in [1.82, 2.24) is 0 Å². The van der Waals surface area contributed by atoms with Gasteiger partial charge in [0.1, 0.15) is 0 Å². The minimum Gasteiger partial charge on any atom is -0.465 e. The van der Waals surface area contributed by atoms with Crippen molar-refractivity contribution in [2.75, 3.05) is 14.2 Å². The molecule has 4 rings (SSSR count). The van der Waals surface area contributed by atoms with Gasteiger partial charge in [0.15, 0.2) is 0 Å². The van der Waals surface area contributed by atoms with Crippen LogP contribution in [0.15, 0.2) is 78.9 Å². The number of benzene rings is 3. The maximum atomic E-state index is 11.8. The Bertz CT molecular complexity index is 990.